The lowest BCUT2D eigenvalue weighted by Gasteiger charge is -2.19. The van der Waals surface area contributed by atoms with Gasteiger partial charge in [0.1, 0.15) is 0 Å². The zero-order valence-corrected chi connectivity index (χ0v) is 7.87. The molecule has 0 aromatic heterocycles. The molecule has 2 aliphatic rings. The Labute approximate surface area is 76.6 Å². The van der Waals surface area contributed by atoms with Gasteiger partial charge in [0.15, 0.2) is 5.84 Å². The highest BCUT2D eigenvalue weighted by atomic mass is 32.2. The standard InChI is InChI=1S/C7H9N3O2S/c1-2-10-5-3-4-6-7(10)9-13(11,12)8-6/h3-5,8H,2H2,1H3. The molecule has 0 radical (unpaired) electrons. The fraction of sp³-hybridized carbons (Fsp3) is 0.286. The SMILES string of the molecule is CCN1C=CC=C2NS(=O)(=O)N=C21. The average Bonchev–Trinajstić information content (AvgIpc) is 2.37. The smallest absolute Gasteiger partial charge is 0.331 e. The van der Waals surface area contributed by atoms with Crippen LogP contribution in [0.15, 0.2) is 28.4 Å². The number of nitrogens with zero attached hydrogens (tertiary/aromatic N) is 2. The van der Waals surface area contributed by atoms with Crippen molar-refractivity contribution in [1.82, 2.24) is 9.62 Å². The van der Waals surface area contributed by atoms with Crippen molar-refractivity contribution in [3.05, 3.63) is 24.0 Å². The van der Waals surface area contributed by atoms with Crippen LogP contribution in [-0.2, 0) is 10.2 Å². The molecule has 2 aliphatic heterocycles. The minimum Gasteiger partial charge on any atom is -0.331 e. The van der Waals surface area contributed by atoms with Crippen LogP contribution in [0.3, 0.4) is 0 Å². The Morgan fingerprint density at radius 2 is 2.38 bits per heavy atom. The number of rotatable bonds is 1. The molecule has 0 bridgehead atoms. The molecular weight excluding hydrogens is 190 g/mol. The molecule has 0 aromatic carbocycles. The summed E-state index contributed by atoms with van der Waals surface area (Å²) in [6, 6.07) is 0. The number of nitrogens with one attached hydrogen (secondary N) is 1. The molecule has 0 saturated carbocycles. The first-order chi connectivity index (χ1) is 6.12. The fourth-order valence-corrected chi connectivity index (χ4v) is 2.17. The van der Waals surface area contributed by atoms with Gasteiger partial charge in [-0.05, 0) is 19.1 Å². The van der Waals surface area contributed by atoms with E-state index in [0.29, 0.717) is 18.1 Å². The molecule has 0 fully saturated rings. The van der Waals surface area contributed by atoms with Crippen LogP contribution in [-0.4, -0.2) is 25.7 Å². The Kier molecular flexibility index (Phi) is 1.66. The number of amidine groups is 1. The zero-order chi connectivity index (χ0) is 9.47. The van der Waals surface area contributed by atoms with Gasteiger partial charge in [-0.2, -0.15) is 8.42 Å². The molecule has 0 unspecified atom stereocenters. The van der Waals surface area contributed by atoms with E-state index < -0.39 is 10.2 Å². The van der Waals surface area contributed by atoms with Crippen LogP contribution in [0.25, 0.3) is 0 Å². The van der Waals surface area contributed by atoms with E-state index in [1.807, 2.05) is 6.92 Å². The third kappa shape index (κ3) is 1.33. The second-order valence-electron chi connectivity index (χ2n) is 2.70. The molecule has 0 spiro atoms. The second kappa shape index (κ2) is 2.59. The van der Waals surface area contributed by atoms with Crippen molar-refractivity contribution in [1.29, 1.82) is 0 Å². The Morgan fingerprint density at radius 1 is 1.62 bits per heavy atom. The molecule has 70 valence electrons. The molecule has 1 N–H and O–H groups in total. The summed E-state index contributed by atoms with van der Waals surface area (Å²) in [4.78, 5) is 1.77. The van der Waals surface area contributed by atoms with Crippen LogP contribution in [0.4, 0.5) is 0 Å². The average molecular weight is 199 g/mol. The van der Waals surface area contributed by atoms with Crippen LogP contribution < -0.4 is 4.72 Å². The first kappa shape index (κ1) is 8.31. The van der Waals surface area contributed by atoms with E-state index in [1.54, 1.807) is 23.3 Å². The maximum atomic E-state index is 11.1. The minimum atomic E-state index is -3.48. The summed E-state index contributed by atoms with van der Waals surface area (Å²) in [7, 11) is -3.48. The molecule has 0 saturated heterocycles. The number of fused-ring (bicyclic) bond motifs is 1. The maximum Gasteiger partial charge on any atom is 0.344 e. The lowest BCUT2D eigenvalue weighted by molar-refractivity contribution is 0.587. The lowest BCUT2D eigenvalue weighted by atomic mass is 10.3. The number of allylic oxidation sites excluding steroid dienone is 2. The van der Waals surface area contributed by atoms with Crippen molar-refractivity contribution in [2.45, 2.75) is 6.92 Å². The van der Waals surface area contributed by atoms with Gasteiger partial charge in [-0.15, -0.1) is 4.40 Å². The van der Waals surface area contributed by atoms with Crippen LogP contribution in [0.2, 0.25) is 0 Å². The van der Waals surface area contributed by atoms with Gasteiger partial charge in [0, 0.05) is 12.7 Å². The third-order valence-corrected chi connectivity index (χ3v) is 2.72. The summed E-state index contributed by atoms with van der Waals surface area (Å²) in [6.07, 6.45) is 5.27. The van der Waals surface area contributed by atoms with Gasteiger partial charge >= 0.3 is 10.2 Å². The highest BCUT2D eigenvalue weighted by Gasteiger charge is 2.28. The number of hydrogen-bond donors (Lipinski definition) is 1. The Balaban J connectivity index is 2.47. The highest BCUT2D eigenvalue weighted by molar-refractivity contribution is 7.88. The van der Waals surface area contributed by atoms with E-state index in [1.165, 1.54) is 0 Å². The summed E-state index contributed by atoms with van der Waals surface area (Å²) in [5.41, 5.74) is 0.546. The summed E-state index contributed by atoms with van der Waals surface area (Å²) in [6.45, 7) is 2.63. The Morgan fingerprint density at radius 3 is 3.08 bits per heavy atom. The molecule has 5 nitrogen and oxygen atoms in total. The quantitative estimate of drug-likeness (QED) is 0.645. The van der Waals surface area contributed by atoms with Gasteiger partial charge in [-0.3, -0.25) is 4.72 Å². The van der Waals surface area contributed by atoms with Gasteiger partial charge < -0.3 is 4.90 Å². The molecule has 0 amide bonds. The molecule has 0 aliphatic carbocycles. The normalized spacial score (nSPS) is 23.3. The third-order valence-electron chi connectivity index (χ3n) is 1.83. The molecule has 13 heavy (non-hydrogen) atoms. The van der Waals surface area contributed by atoms with E-state index in [0.717, 1.165) is 0 Å². The maximum absolute atomic E-state index is 11.1. The van der Waals surface area contributed by atoms with Crippen molar-refractivity contribution in [3.63, 3.8) is 0 Å². The van der Waals surface area contributed by atoms with Crippen molar-refractivity contribution in [3.8, 4) is 0 Å². The molecule has 0 atom stereocenters. The first-order valence-electron chi connectivity index (χ1n) is 3.90. The Hall–Kier alpha value is -1.30. The van der Waals surface area contributed by atoms with Crippen molar-refractivity contribution in [2.75, 3.05) is 6.54 Å². The highest BCUT2D eigenvalue weighted by Crippen LogP contribution is 2.16. The lowest BCUT2D eigenvalue weighted by Crippen LogP contribution is -2.29. The van der Waals surface area contributed by atoms with Crippen LogP contribution in [0, 0.1) is 0 Å². The van der Waals surface area contributed by atoms with Gasteiger partial charge in [0.2, 0.25) is 0 Å². The van der Waals surface area contributed by atoms with Gasteiger partial charge in [0.05, 0.1) is 5.70 Å². The molecule has 6 heteroatoms. The molecular formula is C7H9N3O2S. The van der Waals surface area contributed by atoms with Crippen molar-refractivity contribution in [2.24, 2.45) is 4.40 Å². The predicted molar refractivity (Wildman–Crippen MR) is 49.1 cm³/mol. The van der Waals surface area contributed by atoms with Crippen molar-refractivity contribution < 1.29 is 8.42 Å². The van der Waals surface area contributed by atoms with Gasteiger partial charge in [-0.1, -0.05) is 0 Å². The summed E-state index contributed by atoms with van der Waals surface area (Å²) in [5, 5.41) is 0. The van der Waals surface area contributed by atoms with E-state index >= 15 is 0 Å². The fourth-order valence-electron chi connectivity index (χ4n) is 1.26. The monoisotopic (exact) mass is 199 g/mol. The van der Waals surface area contributed by atoms with Crippen LogP contribution in [0.1, 0.15) is 6.92 Å². The minimum absolute atomic E-state index is 0.477. The van der Waals surface area contributed by atoms with Crippen molar-refractivity contribution >= 4 is 16.0 Å². The van der Waals surface area contributed by atoms with E-state index in [-0.39, 0.29) is 0 Å². The largest absolute Gasteiger partial charge is 0.344 e. The van der Waals surface area contributed by atoms with Gasteiger partial charge in [-0.25, -0.2) is 0 Å². The second-order valence-corrected chi connectivity index (χ2v) is 4.04. The van der Waals surface area contributed by atoms with E-state index in [2.05, 4.69) is 9.12 Å². The molecule has 0 aromatic rings. The molecule has 2 rings (SSSR count). The summed E-state index contributed by atoms with van der Waals surface area (Å²) >= 11 is 0. The Bertz CT molecular complexity index is 419. The number of hydrogen-bond acceptors (Lipinski definition) is 3. The predicted octanol–water partition coefficient (Wildman–Crippen LogP) is -0.0340. The first-order valence-corrected chi connectivity index (χ1v) is 5.34. The van der Waals surface area contributed by atoms with E-state index in [9.17, 15) is 8.42 Å². The molecule has 2 heterocycles. The zero-order valence-electron chi connectivity index (χ0n) is 7.06. The number of likely N-dealkylation sites (N-methyl/N-ethyl adjacent to an activating group) is 1. The van der Waals surface area contributed by atoms with Gasteiger partial charge in [0.25, 0.3) is 0 Å². The van der Waals surface area contributed by atoms with Crippen LogP contribution in [0.5, 0.6) is 0 Å². The van der Waals surface area contributed by atoms with Crippen LogP contribution >= 0.6 is 0 Å². The topological polar surface area (TPSA) is 61.8 Å². The summed E-state index contributed by atoms with van der Waals surface area (Å²) in [5.74, 6) is 0.477. The summed E-state index contributed by atoms with van der Waals surface area (Å²) < 4.78 is 28.0. The van der Waals surface area contributed by atoms with E-state index in [4.69, 9.17) is 0 Å².